The summed E-state index contributed by atoms with van der Waals surface area (Å²) in [7, 11) is 1.67. The topological polar surface area (TPSA) is 60.1 Å². The van der Waals surface area contributed by atoms with Crippen molar-refractivity contribution in [1.29, 1.82) is 0 Å². The van der Waals surface area contributed by atoms with E-state index in [-0.39, 0.29) is 17.6 Å². The minimum Gasteiger partial charge on any atom is -0.343 e. The number of rotatable bonds is 3. The summed E-state index contributed by atoms with van der Waals surface area (Å²) in [5.74, 6) is 1.38. The average molecular weight is 280 g/mol. The second-order valence-corrected chi connectivity index (χ2v) is 6.03. The van der Waals surface area contributed by atoms with Crippen LogP contribution in [-0.4, -0.2) is 38.2 Å². The molecule has 1 amide bonds. The molecule has 0 atom stereocenters. The molecular weight excluding hydrogens is 256 g/mol. The van der Waals surface area contributed by atoms with Gasteiger partial charge in [0.15, 0.2) is 0 Å². The molecule has 0 N–H and O–H groups in total. The van der Waals surface area contributed by atoms with Crippen molar-refractivity contribution < 1.29 is 4.79 Å². The lowest BCUT2D eigenvalue weighted by atomic mass is 10.0. The third kappa shape index (κ3) is 2.94. The molecule has 1 saturated heterocycles. The monoisotopic (exact) mass is 280 g/mol. The summed E-state index contributed by atoms with van der Waals surface area (Å²) in [6, 6.07) is 0.166. The maximum Gasteiger partial charge on any atom is 0.345 e. The number of piperidine rings is 1. The molecule has 1 aliphatic rings. The molecule has 6 nitrogen and oxygen atoms in total. The highest BCUT2D eigenvalue weighted by Crippen LogP contribution is 2.22. The van der Waals surface area contributed by atoms with Gasteiger partial charge in [-0.3, -0.25) is 9.36 Å². The van der Waals surface area contributed by atoms with E-state index in [4.69, 9.17) is 0 Å². The summed E-state index contributed by atoms with van der Waals surface area (Å²) in [6.45, 7) is 7.44. The van der Waals surface area contributed by atoms with Gasteiger partial charge in [0.05, 0.1) is 0 Å². The highest BCUT2D eigenvalue weighted by atomic mass is 16.2. The molecule has 1 aromatic heterocycles. The van der Waals surface area contributed by atoms with Crippen LogP contribution in [0.4, 0.5) is 0 Å². The van der Waals surface area contributed by atoms with Gasteiger partial charge in [0.1, 0.15) is 5.82 Å². The molecule has 6 heteroatoms. The lowest BCUT2D eigenvalue weighted by molar-refractivity contribution is -0.133. The van der Waals surface area contributed by atoms with Crippen molar-refractivity contribution in [2.75, 3.05) is 13.1 Å². The second-order valence-electron chi connectivity index (χ2n) is 6.03. The molecule has 0 unspecified atom stereocenters. The molecular formula is C14H24N4O2. The summed E-state index contributed by atoms with van der Waals surface area (Å²) in [5, 5.41) is 4.17. The minimum atomic E-state index is -0.0607. The predicted octanol–water partition coefficient (Wildman–Crippen LogP) is 1.10. The third-order valence-corrected chi connectivity index (χ3v) is 3.89. The van der Waals surface area contributed by atoms with Gasteiger partial charge in [-0.15, -0.1) is 0 Å². The molecule has 1 aromatic rings. The van der Waals surface area contributed by atoms with E-state index in [0.29, 0.717) is 12.3 Å². The standard InChI is InChI=1S/C14H24N4O2/c1-10(2)9-13(19)17-7-5-12(6-8-17)18-11(3)15-16(4)14(18)20/h10,12H,5-9H2,1-4H3. The van der Waals surface area contributed by atoms with Crippen molar-refractivity contribution in [3.8, 4) is 0 Å². The highest BCUT2D eigenvalue weighted by Gasteiger charge is 2.26. The Morgan fingerprint density at radius 1 is 1.35 bits per heavy atom. The van der Waals surface area contributed by atoms with Gasteiger partial charge >= 0.3 is 5.69 Å². The zero-order valence-electron chi connectivity index (χ0n) is 12.8. The fourth-order valence-electron chi connectivity index (χ4n) is 2.87. The predicted molar refractivity (Wildman–Crippen MR) is 76.5 cm³/mol. The van der Waals surface area contributed by atoms with Crippen molar-refractivity contribution >= 4 is 5.91 Å². The van der Waals surface area contributed by atoms with E-state index in [9.17, 15) is 9.59 Å². The molecule has 0 radical (unpaired) electrons. The van der Waals surface area contributed by atoms with Gasteiger partial charge in [-0.25, -0.2) is 9.48 Å². The van der Waals surface area contributed by atoms with Crippen molar-refractivity contribution in [3.63, 3.8) is 0 Å². The van der Waals surface area contributed by atoms with Crippen LogP contribution in [0, 0.1) is 12.8 Å². The smallest absolute Gasteiger partial charge is 0.343 e. The van der Waals surface area contributed by atoms with Crippen molar-refractivity contribution in [2.45, 2.75) is 46.1 Å². The number of likely N-dealkylation sites (tertiary alicyclic amines) is 1. The molecule has 1 aliphatic heterocycles. The van der Waals surface area contributed by atoms with E-state index in [1.807, 2.05) is 11.8 Å². The molecule has 2 heterocycles. The van der Waals surface area contributed by atoms with Crippen LogP contribution in [0.5, 0.6) is 0 Å². The average Bonchev–Trinajstić information content (AvgIpc) is 2.63. The Bertz CT molecular complexity index is 536. The number of aromatic nitrogens is 3. The molecule has 2 rings (SSSR count). The first-order valence-electron chi connectivity index (χ1n) is 7.30. The first kappa shape index (κ1) is 14.8. The quantitative estimate of drug-likeness (QED) is 0.833. The molecule has 20 heavy (non-hydrogen) atoms. The number of carbonyl (C=O) groups is 1. The summed E-state index contributed by atoms with van der Waals surface area (Å²) in [5.41, 5.74) is -0.0607. The van der Waals surface area contributed by atoms with E-state index in [1.165, 1.54) is 4.68 Å². The van der Waals surface area contributed by atoms with Crippen LogP contribution in [0.25, 0.3) is 0 Å². The van der Waals surface area contributed by atoms with E-state index in [2.05, 4.69) is 18.9 Å². The lowest BCUT2D eigenvalue weighted by Crippen LogP contribution is -2.41. The van der Waals surface area contributed by atoms with Crippen molar-refractivity contribution in [3.05, 3.63) is 16.3 Å². The number of aryl methyl sites for hydroxylation is 2. The molecule has 0 aliphatic carbocycles. The molecule has 1 fully saturated rings. The Labute approximate surface area is 119 Å². The third-order valence-electron chi connectivity index (χ3n) is 3.89. The van der Waals surface area contributed by atoms with Crippen LogP contribution in [0.3, 0.4) is 0 Å². The highest BCUT2D eigenvalue weighted by molar-refractivity contribution is 5.76. The van der Waals surface area contributed by atoms with Gasteiger partial charge < -0.3 is 4.90 Å². The maximum absolute atomic E-state index is 12.0. The van der Waals surface area contributed by atoms with Crippen molar-refractivity contribution in [2.24, 2.45) is 13.0 Å². The SMILES string of the molecule is Cc1nn(C)c(=O)n1C1CCN(C(=O)CC(C)C)CC1. The molecule has 0 bridgehead atoms. The van der Waals surface area contributed by atoms with Gasteiger partial charge in [-0.05, 0) is 25.7 Å². The van der Waals surface area contributed by atoms with Crippen LogP contribution >= 0.6 is 0 Å². The fraction of sp³-hybridized carbons (Fsp3) is 0.786. The van der Waals surface area contributed by atoms with Crippen LogP contribution in [0.15, 0.2) is 4.79 Å². The minimum absolute atomic E-state index is 0.0607. The van der Waals surface area contributed by atoms with Gasteiger partial charge in [0, 0.05) is 32.6 Å². The van der Waals surface area contributed by atoms with Gasteiger partial charge in [0.25, 0.3) is 0 Å². The first-order valence-corrected chi connectivity index (χ1v) is 7.30. The largest absolute Gasteiger partial charge is 0.345 e. The summed E-state index contributed by atoms with van der Waals surface area (Å²) in [4.78, 5) is 26.0. The number of hydrogen-bond acceptors (Lipinski definition) is 3. The number of nitrogens with zero attached hydrogens (tertiary/aromatic N) is 4. The number of amides is 1. The van der Waals surface area contributed by atoms with Gasteiger partial charge in [-0.1, -0.05) is 13.8 Å². The van der Waals surface area contributed by atoms with Crippen LogP contribution in [-0.2, 0) is 11.8 Å². The van der Waals surface area contributed by atoms with Gasteiger partial charge in [0.2, 0.25) is 5.91 Å². The lowest BCUT2D eigenvalue weighted by Gasteiger charge is -2.33. The van der Waals surface area contributed by atoms with E-state index < -0.39 is 0 Å². The van der Waals surface area contributed by atoms with Crippen LogP contribution < -0.4 is 5.69 Å². The Balaban J connectivity index is 2.01. The Morgan fingerprint density at radius 2 is 1.95 bits per heavy atom. The zero-order valence-corrected chi connectivity index (χ0v) is 12.8. The van der Waals surface area contributed by atoms with Crippen LogP contribution in [0.1, 0.15) is 45.0 Å². The Kier molecular flexibility index (Phi) is 4.30. The number of carbonyl (C=O) groups excluding carboxylic acids is 1. The normalized spacial score (nSPS) is 16.9. The van der Waals surface area contributed by atoms with Gasteiger partial charge in [-0.2, -0.15) is 5.10 Å². The first-order chi connectivity index (χ1) is 9.40. The van der Waals surface area contributed by atoms with E-state index in [1.54, 1.807) is 11.6 Å². The maximum atomic E-state index is 12.0. The van der Waals surface area contributed by atoms with E-state index in [0.717, 1.165) is 31.8 Å². The summed E-state index contributed by atoms with van der Waals surface area (Å²) in [6.07, 6.45) is 2.27. The molecule has 0 spiro atoms. The molecule has 0 aromatic carbocycles. The number of hydrogen-bond donors (Lipinski definition) is 0. The molecule has 0 saturated carbocycles. The zero-order chi connectivity index (χ0) is 14.9. The van der Waals surface area contributed by atoms with Crippen LogP contribution in [0.2, 0.25) is 0 Å². The summed E-state index contributed by atoms with van der Waals surface area (Å²) >= 11 is 0. The Morgan fingerprint density at radius 3 is 2.40 bits per heavy atom. The second kappa shape index (κ2) is 5.81. The Hall–Kier alpha value is -1.59. The van der Waals surface area contributed by atoms with E-state index >= 15 is 0 Å². The summed E-state index contributed by atoms with van der Waals surface area (Å²) < 4.78 is 3.15. The molecule has 112 valence electrons. The van der Waals surface area contributed by atoms with Crippen molar-refractivity contribution in [1.82, 2.24) is 19.2 Å². The fourth-order valence-corrected chi connectivity index (χ4v) is 2.87.